The Morgan fingerprint density at radius 1 is 1.16 bits per heavy atom. The van der Waals surface area contributed by atoms with Gasteiger partial charge in [0.1, 0.15) is 17.2 Å². The molecule has 8 nitrogen and oxygen atoms in total. The third kappa shape index (κ3) is 4.32. The fraction of sp³-hybridized carbons (Fsp3) is 0.522. The Balaban J connectivity index is 1.49. The van der Waals surface area contributed by atoms with E-state index in [2.05, 4.69) is 20.6 Å². The summed E-state index contributed by atoms with van der Waals surface area (Å²) < 4.78 is 16.3. The Hall–Kier alpha value is -2.62. The van der Waals surface area contributed by atoms with Crippen LogP contribution in [0.3, 0.4) is 0 Å². The number of anilines is 2. The van der Waals surface area contributed by atoms with Crippen LogP contribution in [0.4, 0.5) is 16.0 Å². The van der Waals surface area contributed by atoms with Crippen molar-refractivity contribution in [2.24, 2.45) is 5.92 Å². The van der Waals surface area contributed by atoms with Crippen molar-refractivity contribution in [3.8, 4) is 0 Å². The fourth-order valence-corrected chi connectivity index (χ4v) is 4.88. The maximum Gasteiger partial charge on any atom is 0.210 e. The molecule has 2 atom stereocenters. The number of hydrogen-bond donors (Lipinski definition) is 4. The number of nitrogens with zero attached hydrogens (tertiary/aromatic N) is 4. The molecule has 0 unspecified atom stereocenters. The standard InChI is InChI=1S/C23H29FN6O2/c24-18-3-1-2-4-19(18)27-23-28-20-12-26-21(9-14-5-7-17(32)8-6-14)29-22(20)30(23)16-10-15(13-31)25-11-16/h1-4,12,14-17,25,31-32H,5-11,13H2,(H,27,28)/t14?,15-,16+,17?/m0/s1. The number of rotatable bonds is 6. The maximum atomic E-state index is 14.3. The van der Waals surface area contributed by atoms with Gasteiger partial charge in [0.05, 0.1) is 30.6 Å². The van der Waals surface area contributed by atoms with Crippen molar-refractivity contribution in [2.45, 2.75) is 56.7 Å². The predicted octanol–water partition coefficient (Wildman–Crippen LogP) is 2.70. The molecule has 1 aliphatic heterocycles. The zero-order valence-corrected chi connectivity index (χ0v) is 17.9. The van der Waals surface area contributed by atoms with Crippen LogP contribution in [0.1, 0.15) is 44.0 Å². The van der Waals surface area contributed by atoms with Gasteiger partial charge in [-0.3, -0.25) is 4.57 Å². The third-order valence-corrected chi connectivity index (χ3v) is 6.67. The van der Waals surface area contributed by atoms with Crippen LogP contribution in [-0.2, 0) is 6.42 Å². The number of aliphatic hydroxyl groups is 2. The summed E-state index contributed by atoms with van der Waals surface area (Å²) in [7, 11) is 0. The average Bonchev–Trinajstić information content (AvgIpc) is 3.40. The molecule has 4 N–H and O–H groups in total. The minimum absolute atomic E-state index is 0.00809. The normalized spacial score (nSPS) is 26.0. The van der Waals surface area contributed by atoms with Gasteiger partial charge in [-0.15, -0.1) is 0 Å². The number of halogens is 1. The lowest BCUT2D eigenvalue weighted by Gasteiger charge is -2.24. The van der Waals surface area contributed by atoms with E-state index in [9.17, 15) is 14.6 Å². The third-order valence-electron chi connectivity index (χ3n) is 6.67. The van der Waals surface area contributed by atoms with E-state index in [1.165, 1.54) is 6.07 Å². The summed E-state index contributed by atoms with van der Waals surface area (Å²) >= 11 is 0. The number of benzene rings is 1. The number of nitrogens with one attached hydrogen (secondary N) is 2. The van der Waals surface area contributed by atoms with Gasteiger partial charge >= 0.3 is 0 Å². The lowest BCUT2D eigenvalue weighted by Crippen LogP contribution is -2.24. The second-order valence-corrected chi connectivity index (χ2v) is 8.96. The smallest absolute Gasteiger partial charge is 0.210 e. The zero-order chi connectivity index (χ0) is 22.1. The summed E-state index contributed by atoms with van der Waals surface area (Å²) in [5.74, 6) is 1.40. The Morgan fingerprint density at radius 3 is 2.72 bits per heavy atom. The summed E-state index contributed by atoms with van der Waals surface area (Å²) in [6.07, 6.45) is 6.68. The van der Waals surface area contributed by atoms with Gasteiger partial charge in [0.15, 0.2) is 5.65 Å². The van der Waals surface area contributed by atoms with Crippen LogP contribution in [0.5, 0.6) is 0 Å². The van der Waals surface area contributed by atoms with Gasteiger partial charge in [0, 0.05) is 19.0 Å². The lowest BCUT2D eigenvalue weighted by atomic mass is 9.85. The first-order valence-electron chi connectivity index (χ1n) is 11.4. The van der Waals surface area contributed by atoms with Crippen molar-refractivity contribution < 1.29 is 14.6 Å². The second-order valence-electron chi connectivity index (χ2n) is 8.96. The molecule has 0 bridgehead atoms. The molecule has 170 valence electrons. The first-order chi connectivity index (χ1) is 15.6. The summed E-state index contributed by atoms with van der Waals surface area (Å²) in [5, 5.41) is 25.8. The van der Waals surface area contributed by atoms with Gasteiger partial charge < -0.3 is 20.8 Å². The Kier molecular flexibility index (Phi) is 6.03. The number of fused-ring (bicyclic) bond motifs is 1. The van der Waals surface area contributed by atoms with Crippen molar-refractivity contribution in [1.82, 2.24) is 24.8 Å². The van der Waals surface area contributed by atoms with Gasteiger partial charge in [0.25, 0.3) is 0 Å². The molecule has 2 aliphatic rings. The van der Waals surface area contributed by atoms with Gasteiger partial charge in [-0.2, -0.15) is 0 Å². The van der Waals surface area contributed by atoms with E-state index in [1.807, 2.05) is 4.57 Å². The number of hydrogen-bond acceptors (Lipinski definition) is 7. The number of para-hydroxylation sites is 1. The quantitative estimate of drug-likeness (QED) is 0.467. The molecule has 5 rings (SSSR count). The molecule has 2 fully saturated rings. The molecule has 2 aromatic heterocycles. The highest BCUT2D eigenvalue weighted by molar-refractivity contribution is 5.75. The molecule has 3 aromatic rings. The Labute approximate surface area is 185 Å². The molecule has 1 saturated heterocycles. The number of aliphatic hydroxyl groups excluding tert-OH is 2. The van der Waals surface area contributed by atoms with Gasteiger partial charge in [-0.05, 0) is 50.2 Å². The minimum Gasteiger partial charge on any atom is -0.395 e. The van der Waals surface area contributed by atoms with Crippen molar-refractivity contribution in [3.63, 3.8) is 0 Å². The minimum atomic E-state index is -0.352. The molecule has 1 saturated carbocycles. The maximum absolute atomic E-state index is 14.3. The van der Waals surface area contributed by atoms with Crippen LogP contribution in [0.25, 0.3) is 11.2 Å². The highest BCUT2D eigenvalue weighted by Gasteiger charge is 2.29. The molecule has 0 amide bonds. The highest BCUT2D eigenvalue weighted by Crippen LogP contribution is 2.32. The van der Waals surface area contributed by atoms with Crippen molar-refractivity contribution >= 4 is 22.8 Å². The molecule has 3 heterocycles. The fourth-order valence-electron chi connectivity index (χ4n) is 4.88. The second kappa shape index (κ2) is 9.09. The summed E-state index contributed by atoms with van der Waals surface area (Å²) in [5.41, 5.74) is 1.72. The Bertz CT molecular complexity index is 1080. The molecule has 1 aromatic carbocycles. The largest absolute Gasteiger partial charge is 0.395 e. The van der Waals surface area contributed by atoms with E-state index in [0.29, 0.717) is 29.6 Å². The monoisotopic (exact) mass is 440 g/mol. The van der Waals surface area contributed by atoms with Crippen LogP contribution >= 0.6 is 0 Å². The van der Waals surface area contributed by atoms with Crippen molar-refractivity contribution in [1.29, 1.82) is 0 Å². The summed E-state index contributed by atoms with van der Waals surface area (Å²) in [6, 6.07) is 6.55. The highest BCUT2D eigenvalue weighted by atomic mass is 19.1. The topological polar surface area (TPSA) is 108 Å². The predicted molar refractivity (Wildman–Crippen MR) is 119 cm³/mol. The summed E-state index contributed by atoms with van der Waals surface area (Å²) in [6.45, 7) is 0.732. The molecule has 1 aliphatic carbocycles. The molecule has 9 heteroatoms. The Morgan fingerprint density at radius 2 is 1.97 bits per heavy atom. The first kappa shape index (κ1) is 21.2. The molecular weight excluding hydrogens is 411 g/mol. The molecular formula is C23H29FN6O2. The lowest BCUT2D eigenvalue weighted by molar-refractivity contribution is 0.108. The molecule has 32 heavy (non-hydrogen) atoms. The van der Waals surface area contributed by atoms with E-state index < -0.39 is 0 Å². The first-order valence-corrected chi connectivity index (χ1v) is 11.4. The van der Waals surface area contributed by atoms with E-state index in [1.54, 1.807) is 24.4 Å². The number of imidazole rings is 1. The van der Waals surface area contributed by atoms with Crippen molar-refractivity contribution in [2.75, 3.05) is 18.5 Å². The van der Waals surface area contributed by atoms with Gasteiger partial charge in [-0.25, -0.2) is 19.3 Å². The average molecular weight is 441 g/mol. The molecule has 0 radical (unpaired) electrons. The van der Waals surface area contributed by atoms with Gasteiger partial charge in [-0.1, -0.05) is 12.1 Å². The van der Waals surface area contributed by atoms with Crippen molar-refractivity contribution in [3.05, 3.63) is 42.1 Å². The van der Waals surface area contributed by atoms with Crippen LogP contribution in [0.15, 0.2) is 30.5 Å². The summed E-state index contributed by atoms with van der Waals surface area (Å²) in [4.78, 5) is 14.1. The van der Waals surface area contributed by atoms with E-state index in [-0.39, 0.29) is 30.6 Å². The van der Waals surface area contributed by atoms with Crippen LogP contribution < -0.4 is 10.6 Å². The van der Waals surface area contributed by atoms with Crippen LogP contribution in [0, 0.1) is 11.7 Å². The van der Waals surface area contributed by atoms with E-state index in [0.717, 1.165) is 50.0 Å². The zero-order valence-electron chi connectivity index (χ0n) is 17.9. The van der Waals surface area contributed by atoms with Gasteiger partial charge in [0.2, 0.25) is 5.95 Å². The van der Waals surface area contributed by atoms with E-state index >= 15 is 0 Å². The van der Waals surface area contributed by atoms with E-state index in [4.69, 9.17) is 4.98 Å². The molecule has 0 spiro atoms. The number of aromatic nitrogens is 4. The van der Waals surface area contributed by atoms with Crippen LogP contribution in [-0.4, -0.2) is 55.0 Å². The van der Waals surface area contributed by atoms with Crippen LogP contribution in [0.2, 0.25) is 0 Å². The SMILES string of the molecule is OC[C@@H]1C[C@@H](n2c(Nc3ccccc3F)nc3cnc(CC4CCC(O)CC4)nc32)CN1.